The Balaban J connectivity index is 3.39. The van der Waals surface area contributed by atoms with E-state index >= 15 is 0 Å². The predicted octanol–water partition coefficient (Wildman–Crippen LogP) is -0.103. The van der Waals surface area contributed by atoms with E-state index in [4.69, 9.17) is 22.4 Å². The second-order valence-electron chi connectivity index (χ2n) is 1.79. The van der Waals surface area contributed by atoms with Gasteiger partial charge in [0.25, 0.3) is 0 Å². The molecule has 0 aliphatic carbocycles. The molecule has 11 heavy (non-hydrogen) atoms. The van der Waals surface area contributed by atoms with Crippen molar-refractivity contribution in [1.82, 2.24) is 0 Å². The molecular weight excluding hydrogens is 190 g/mol. The van der Waals surface area contributed by atoms with Crippen molar-refractivity contribution in [2.24, 2.45) is 5.73 Å². The molecule has 0 aliphatic heterocycles. The SMILES string of the molecule is NC(=O)CSC[C@@H](Cl)C(=O)O. The molecule has 0 spiro atoms. The number of nitrogens with two attached hydrogens (primary N) is 1. The minimum absolute atomic E-state index is 0.108. The van der Waals surface area contributed by atoms with E-state index in [0.717, 1.165) is 11.8 Å². The van der Waals surface area contributed by atoms with Crippen LogP contribution in [0.15, 0.2) is 0 Å². The molecule has 0 fully saturated rings. The molecule has 1 amide bonds. The molecule has 1 atom stereocenters. The summed E-state index contributed by atoms with van der Waals surface area (Å²) in [5.41, 5.74) is 4.80. The third-order valence-electron chi connectivity index (χ3n) is 0.776. The van der Waals surface area contributed by atoms with Crippen LogP contribution in [0, 0.1) is 0 Å². The quantitative estimate of drug-likeness (QED) is 0.603. The van der Waals surface area contributed by atoms with Gasteiger partial charge in [-0.2, -0.15) is 0 Å². The Morgan fingerprint density at radius 2 is 2.18 bits per heavy atom. The number of halogens is 1. The van der Waals surface area contributed by atoms with Gasteiger partial charge in [-0.05, 0) is 0 Å². The van der Waals surface area contributed by atoms with Gasteiger partial charge in [-0.1, -0.05) is 0 Å². The van der Waals surface area contributed by atoms with E-state index in [1.807, 2.05) is 0 Å². The molecule has 0 aromatic rings. The van der Waals surface area contributed by atoms with Crippen LogP contribution in [-0.2, 0) is 9.59 Å². The molecule has 0 heterocycles. The fourth-order valence-corrected chi connectivity index (χ4v) is 1.27. The minimum Gasteiger partial charge on any atom is -0.480 e. The van der Waals surface area contributed by atoms with Crippen molar-refractivity contribution in [3.63, 3.8) is 0 Å². The van der Waals surface area contributed by atoms with Gasteiger partial charge in [0.15, 0.2) is 0 Å². The molecule has 6 heteroatoms. The van der Waals surface area contributed by atoms with Crippen LogP contribution >= 0.6 is 23.4 Å². The second-order valence-corrected chi connectivity index (χ2v) is 3.34. The van der Waals surface area contributed by atoms with Crippen molar-refractivity contribution < 1.29 is 14.7 Å². The Morgan fingerprint density at radius 3 is 2.55 bits per heavy atom. The van der Waals surface area contributed by atoms with Crippen molar-refractivity contribution in [2.75, 3.05) is 11.5 Å². The number of amides is 1. The molecule has 0 unspecified atom stereocenters. The molecule has 0 aliphatic rings. The number of aliphatic carboxylic acids is 1. The van der Waals surface area contributed by atoms with Crippen molar-refractivity contribution in [3.8, 4) is 0 Å². The lowest BCUT2D eigenvalue weighted by Crippen LogP contribution is -2.19. The van der Waals surface area contributed by atoms with Gasteiger partial charge in [-0.25, -0.2) is 0 Å². The van der Waals surface area contributed by atoms with Crippen molar-refractivity contribution in [2.45, 2.75) is 5.38 Å². The Bertz CT molecular complexity index is 164. The number of alkyl halides is 1. The van der Waals surface area contributed by atoms with Crippen LogP contribution in [0.25, 0.3) is 0 Å². The van der Waals surface area contributed by atoms with Gasteiger partial charge < -0.3 is 10.8 Å². The maximum absolute atomic E-state index is 10.2. The normalized spacial score (nSPS) is 12.5. The van der Waals surface area contributed by atoms with Crippen LogP contribution < -0.4 is 5.73 Å². The monoisotopic (exact) mass is 197 g/mol. The van der Waals surface area contributed by atoms with Crippen molar-refractivity contribution in [1.29, 1.82) is 0 Å². The molecule has 64 valence electrons. The van der Waals surface area contributed by atoms with Crippen LogP contribution in [0.2, 0.25) is 0 Å². The van der Waals surface area contributed by atoms with Gasteiger partial charge in [-0.3, -0.25) is 9.59 Å². The number of hydrogen-bond donors (Lipinski definition) is 2. The highest BCUT2D eigenvalue weighted by Crippen LogP contribution is 2.07. The number of carbonyl (C=O) groups is 2. The third-order valence-corrected chi connectivity index (χ3v) is 2.36. The summed E-state index contributed by atoms with van der Waals surface area (Å²) in [5, 5.41) is 7.34. The van der Waals surface area contributed by atoms with E-state index in [1.54, 1.807) is 0 Å². The fourth-order valence-electron chi connectivity index (χ4n) is 0.334. The number of carbonyl (C=O) groups excluding carboxylic acids is 1. The average Bonchev–Trinajstić information content (AvgIpc) is 1.86. The molecule has 0 bridgehead atoms. The van der Waals surface area contributed by atoms with E-state index in [-0.39, 0.29) is 11.5 Å². The zero-order valence-corrected chi connectivity index (χ0v) is 7.19. The lowest BCUT2D eigenvalue weighted by molar-refractivity contribution is -0.136. The number of carboxylic acids is 1. The zero-order valence-electron chi connectivity index (χ0n) is 5.62. The Hall–Kier alpha value is -0.420. The fraction of sp³-hybridized carbons (Fsp3) is 0.600. The molecule has 0 aromatic heterocycles. The molecular formula is C5H8ClNO3S. The first-order valence-corrected chi connectivity index (χ1v) is 4.36. The summed E-state index contributed by atoms with van der Waals surface area (Å²) in [4.78, 5) is 20.3. The highest BCUT2D eigenvalue weighted by atomic mass is 35.5. The summed E-state index contributed by atoms with van der Waals surface area (Å²) < 4.78 is 0. The van der Waals surface area contributed by atoms with Crippen LogP contribution in [0.3, 0.4) is 0 Å². The van der Waals surface area contributed by atoms with E-state index in [2.05, 4.69) is 0 Å². The van der Waals surface area contributed by atoms with Gasteiger partial charge in [0.05, 0.1) is 5.75 Å². The third kappa shape index (κ3) is 6.00. The maximum atomic E-state index is 10.2. The molecule has 0 saturated heterocycles. The van der Waals surface area contributed by atoms with Crippen molar-refractivity contribution >= 4 is 35.2 Å². The smallest absolute Gasteiger partial charge is 0.322 e. The van der Waals surface area contributed by atoms with Gasteiger partial charge >= 0.3 is 5.97 Å². The molecule has 0 saturated carbocycles. The minimum atomic E-state index is -1.08. The van der Waals surface area contributed by atoms with Crippen LogP contribution in [0.4, 0.5) is 0 Å². The first kappa shape index (κ1) is 10.6. The molecule has 3 N–H and O–H groups in total. The van der Waals surface area contributed by atoms with E-state index in [0.29, 0.717) is 0 Å². The summed E-state index contributed by atoms with van der Waals surface area (Å²) in [6.07, 6.45) is 0. The van der Waals surface area contributed by atoms with Gasteiger partial charge in [-0.15, -0.1) is 23.4 Å². The van der Waals surface area contributed by atoms with Crippen LogP contribution in [0.1, 0.15) is 0 Å². The van der Waals surface area contributed by atoms with E-state index in [1.165, 1.54) is 0 Å². The summed E-state index contributed by atoms with van der Waals surface area (Å²) in [7, 11) is 0. The first-order chi connectivity index (χ1) is 5.04. The maximum Gasteiger partial charge on any atom is 0.322 e. The Labute approximate surface area is 73.1 Å². The summed E-state index contributed by atoms with van der Waals surface area (Å²) in [6.45, 7) is 0. The van der Waals surface area contributed by atoms with E-state index in [9.17, 15) is 9.59 Å². The number of carboxylic acid groups (broad SMARTS) is 1. The van der Waals surface area contributed by atoms with E-state index < -0.39 is 17.3 Å². The zero-order chi connectivity index (χ0) is 8.85. The van der Waals surface area contributed by atoms with Gasteiger partial charge in [0.1, 0.15) is 5.38 Å². The van der Waals surface area contributed by atoms with Crippen LogP contribution in [0.5, 0.6) is 0 Å². The predicted molar refractivity (Wildman–Crippen MR) is 43.8 cm³/mol. The summed E-state index contributed by atoms with van der Waals surface area (Å²) in [6, 6.07) is 0. The second kappa shape index (κ2) is 5.26. The molecule has 0 rings (SSSR count). The first-order valence-electron chi connectivity index (χ1n) is 2.77. The van der Waals surface area contributed by atoms with Gasteiger partial charge in [0, 0.05) is 5.75 Å². The van der Waals surface area contributed by atoms with Gasteiger partial charge in [0.2, 0.25) is 5.91 Å². The largest absolute Gasteiger partial charge is 0.480 e. The highest BCUT2D eigenvalue weighted by molar-refractivity contribution is 8.00. The average molecular weight is 198 g/mol. The molecule has 0 radical (unpaired) electrons. The van der Waals surface area contributed by atoms with Crippen molar-refractivity contribution in [3.05, 3.63) is 0 Å². The number of hydrogen-bond acceptors (Lipinski definition) is 3. The lowest BCUT2D eigenvalue weighted by atomic mass is 10.5. The Kier molecular flexibility index (Phi) is 5.06. The molecule has 0 aromatic carbocycles. The highest BCUT2D eigenvalue weighted by Gasteiger charge is 2.13. The standard InChI is InChI=1S/C5H8ClNO3S/c6-3(5(9)10)1-11-2-4(7)8/h3H,1-2H2,(H2,7,8)(H,9,10)/t3-/m1/s1. The number of thioether (sulfide) groups is 1. The van der Waals surface area contributed by atoms with Crippen LogP contribution in [-0.4, -0.2) is 33.9 Å². The Morgan fingerprint density at radius 1 is 1.64 bits per heavy atom. The summed E-state index contributed by atoms with van der Waals surface area (Å²) in [5.74, 6) is -1.25. The summed E-state index contributed by atoms with van der Waals surface area (Å²) >= 11 is 6.44. The molecule has 4 nitrogen and oxygen atoms in total. The number of rotatable bonds is 5. The lowest BCUT2D eigenvalue weighted by Gasteiger charge is -2.00. The topological polar surface area (TPSA) is 80.4 Å². The number of primary amides is 1.